The number of carbonyl (C=O) groups is 2. The van der Waals surface area contributed by atoms with Gasteiger partial charge in [-0.05, 0) is 17.7 Å². The van der Waals surface area contributed by atoms with Gasteiger partial charge in [-0.3, -0.25) is 10.1 Å². The SMILES string of the molecule is COC(=O)c1c(COC(=O)c2ccc([N+](=O)[O-])o2)nc2ccccc2c1-c1ccccc1. The fraction of sp³-hybridized carbons (Fsp3) is 0.0870. The molecule has 32 heavy (non-hydrogen) atoms. The minimum absolute atomic E-state index is 0.163. The summed E-state index contributed by atoms with van der Waals surface area (Å²) in [6, 6.07) is 18.7. The van der Waals surface area contributed by atoms with E-state index in [1.54, 1.807) is 12.1 Å². The minimum Gasteiger partial charge on any atom is -0.465 e. The first-order valence-corrected chi connectivity index (χ1v) is 9.46. The molecule has 2 heterocycles. The van der Waals surface area contributed by atoms with Gasteiger partial charge in [0.25, 0.3) is 0 Å². The van der Waals surface area contributed by atoms with Crippen molar-refractivity contribution >= 4 is 28.7 Å². The third-order valence-electron chi connectivity index (χ3n) is 4.73. The highest BCUT2D eigenvalue weighted by Crippen LogP contribution is 2.34. The first kappa shape index (κ1) is 20.7. The Kier molecular flexibility index (Phi) is 5.63. The fourth-order valence-corrected chi connectivity index (χ4v) is 3.33. The van der Waals surface area contributed by atoms with E-state index in [1.165, 1.54) is 7.11 Å². The van der Waals surface area contributed by atoms with Gasteiger partial charge in [0.05, 0.1) is 30.0 Å². The summed E-state index contributed by atoms with van der Waals surface area (Å²) in [5.74, 6) is -2.48. The third-order valence-corrected chi connectivity index (χ3v) is 4.73. The number of benzene rings is 2. The van der Waals surface area contributed by atoms with Crippen LogP contribution in [0.15, 0.2) is 71.1 Å². The zero-order valence-corrected chi connectivity index (χ0v) is 16.8. The molecule has 0 aliphatic heterocycles. The highest BCUT2D eigenvalue weighted by atomic mass is 16.7. The van der Waals surface area contributed by atoms with Crippen LogP contribution in [-0.4, -0.2) is 29.0 Å². The van der Waals surface area contributed by atoms with E-state index in [0.29, 0.717) is 11.1 Å². The topological polar surface area (TPSA) is 122 Å². The van der Waals surface area contributed by atoms with E-state index in [4.69, 9.17) is 13.9 Å². The van der Waals surface area contributed by atoms with Crippen LogP contribution >= 0.6 is 0 Å². The van der Waals surface area contributed by atoms with E-state index in [-0.39, 0.29) is 23.6 Å². The highest BCUT2D eigenvalue weighted by molar-refractivity contribution is 6.07. The summed E-state index contributed by atoms with van der Waals surface area (Å²) < 4.78 is 15.1. The Morgan fingerprint density at radius 1 is 1.00 bits per heavy atom. The molecule has 0 saturated heterocycles. The van der Waals surface area contributed by atoms with Gasteiger partial charge in [0, 0.05) is 10.9 Å². The molecule has 2 aromatic carbocycles. The molecule has 0 amide bonds. The first-order chi connectivity index (χ1) is 15.5. The van der Waals surface area contributed by atoms with Crippen molar-refractivity contribution in [2.45, 2.75) is 6.61 Å². The predicted octanol–water partition coefficient (Wildman–Crippen LogP) is 4.55. The molecule has 0 N–H and O–H groups in total. The summed E-state index contributed by atoms with van der Waals surface area (Å²) in [5.41, 5.74) is 2.31. The van der Waals surface area contributed by atoms with E-state index in [9.17, 15) is 19.7 Å². The van der Waals surface area contributed by atoms with Crippen molar-refractivity contribution in [3.63, 3.8) is 0 Å². The van der Waals surface area contributed by atoms with Crippen molar-refractivity contribution in [3.05, 3.63) is 93.9 Å². The number of nitro groups is 1. The Bertz CT molecular complexity index is 1330. The average molecular weight is 432 g/mol. The van der Waals surface area contributed by atoms with Crippen molar-refractivity contribution in [1.82, 2.24) is 4.98 Å². The Labute approximate surface area is 181 Å². The molecule has 0 atom stereocenters. The summed E-state index contributed by atoms with van der Waals surface area (Å²) in [7, 11) is 1.25. The Morgan fingerprint density at radius 2 is 1.72 bits per heavy atom. The molecule has 0 aliphatic rings. The summed E-state index contributed by atoms with van der Waals surface area (Å²) in [4.78, 5) is 39.6. The number of carbonyl (C=O) groups excluding carboxylic acids is 2. The maximum absolute atomic E-state index is 12.8. The average Bonchev–Trinajstić information content (AvgIpc) is 3.32. The maximum atomic E-state index is 12.8. The fourth-order valence-electron chi connectivity index (χ4n) is 3.33. The van der Waals surface area contributed by atoms with Crippen LogP contribution in [0.25, 0.3) is 22.0 Å². The Balaban J connectivity index is 1.79. The normalized spacial score (nSPS) is 10.7. The highest BCUT2D eigenvalue weighted by Gasteiger charge is 2.25. The van der Waals surface area contributed by atoms with Gasteiger partial charge in [-0.15, -0.1) is 0 Å². The van der Waals surface area contributed by atoms with Crippen LogP contribution in [0, 0.1) is 10.1 Å². The quantitative estimate of drug-likeness (QED) is 0.247. The van der Waals surface area contributed by atoms with E-state index in [1.807, 2.05) is 42.5 Å². The molecule has 4 aromatic rings. The van der Waals surface area contributed by atoms with E-state index >= 15 is 0 Å². The van der Waals surface area contributed by atoms with Crippen molar-refractivity contribution in [3.8, 4) is 11.1 Å². The molecule has 0 bridgehead atoms. The van der Waals surface area contributed by atoms with Crippen LogP contribution < -0.4 is 0 Å². The van der Waals surface area contributed by atoms with Gasteiger partial charge in [0.1, 0.15) is 11.5 Å². The van der Waals surface area contributed by atoms with Gasteiger partial charge in [0.15, 0.2) is 0 Å². The molecular weight excluding hydrogens is 416 g/mol. The van der Waals surface area contributed by atoms with Gasteiger partial charge >= 0.3 is 17.8 Å². The van der Waals surface area contributed by atoms with Crippen molar-refractivity contribution < 1.29 is 28.4 Å². The second-order valence-corrected chi connectivity index (χ2v) is 6.65. The Morgan fingerprint density at radius 3 is 2.41 bits per heavy atom. The predicted molar refractivity (Wildman–Crippen MR) is 113 cm³/mol. The molecule has 4 rings (SSSR count). The van der Waals surface area contributed by atoms with Crippen molar-refractivity contribution in [2.24, 2.45) is 0 Å². The number of esters is 2. The lowest BCUT2D eigenvalue weighted by molar-refractivity contribution is -0.402. The zero-order valence-electron chi connectivity index (χ0n) is 16.8. The van der Waals surface area contributed by atoms with Crippen LogP contribution in [0.2, 0.25) is 0 Å². The molecule has 0 unspecified atom stereocenters. The van der Waals surface area contributed by atoms with Gasteiger partial charge in [-0.25, -0.2) is 14.6 Å². The number of aromatic nitrogens is 1. The number of ether oxygens (including phenoxy) is 2. The van der Waals surface area contributed by atoms with Gasteiger partial charge in [-0.2, -0.15) is 0 Å². The Hall–Kier alpha value is -4.53. The summed E-state index contributed by atoms with van der Waals surface area (Å²) in [6.07, 6.45) is 0. The molecule has 160 valence electrons. The van der Waals surface area contributed by atoms with Crippen molar-refractivity contribution in [2.75, 3.05) is 7.11 Å². The molecule has 0 saturated carbocycles. The first-order valence-electron chi connectivity index (χ1n) is 9.46. The molecule has 2 aromatic heterocycles. The molecular formula is C23H16N2O7. The summed E-state index contributed by atoms with van der Waals surface area (Å²) in [6.45, 7) is -0.373. The molecule has 9 nitrogen and oxygen atoms in total. The summed E-state index contributed by atoms with van der Waals surface area (Å²) >= 11 is 0. The minimum atomic E-state index is -0.926. The lowest BCUT2D eigenvalue weighted by Crippen LogP contribution is -2.13. The van der Waals surface area contributed by atoms with Gasteiger partial charge < -0.3 is 13.9 Å². The number of para-hydroxylation sites is 1. The molecule has 0 aliphatic carbocycles. The zero-order chi connectivity index (χ0) is 22.7. The number of hydrogen-bond acceptors (Lipinski definition) is 8. The van der Waals surface area contributed by atoms with Crippen LogP contribution in [0.3, 0.4) is 0 Å². The smallest absolute Gasteiger partial charge is 0.433 e. The summed E-state index contributed by atoms with van der Waals surface area (Å²) in [5, 5.41) is 11.5. The molecule has 0 fully saturated rings. The molecule has 0 radical (unpaired) electrons. The largest absolute Gasteiger partial charge is 0.465 e. The lowest BCUT2D eigenvalue weighted by Gasteiger charge is -2.16. The van der Waals surface area contributed by atoms with Crippen LogP contribution in [0.4, 0.5) is 5.88 Å². The number of furan rings is 1. The third kappa shape index (κ3) is 3.91. The van der Waals surface area contributed by atoms with Crippen LogP contribution in [-0.2, 0) is 16.1 Å². The number of hydrogen-bond donors (Lipinski definition) is 0. The van der Waals surface area contributed by atoms with Crippen LogP contribution in [0.5, 0.6) is 0 Å². The number of nitrogens with zero attached hydrogens (tertiary/aromatic N) is 2. The monoisotopic (exact) mass is 432 g/mol. The van der Waals surface area contributed by atoms with Gasteiger partial charge in [0.2, 0.25) is 5.76 Å². The van der Waals surface area contributed by atoms with E-state index < -0.39 is 22.7 Å². The van der Waals surface area contributed by atoms with E-state index in [0.717, 1.165) is 23.1 Å². The molecule has 9 heteroatoms. The second kappa shape index (κ2) is 8.68. The maximum Gasteiger partial charge on any atom is 0.433 e. The van der Waals surface area contributed by atoms with Crippen LogP contribution in [0.1, 0.15) is 26.6 Å². The standard InChI is InChI=1S/C23H16N2O7/c1-30-23(27)21-17(13-31-22(26)18-11-12-19(32-18)25(28)29)24-16-10-6-5-9-15(16)20(21)14-7-3-2-4-8-14/h2-12H,13H2,1H3. The number of fused-ring (bicyclic) bond motifs is 1. The molecule has 0 spiro atoms. The van der Waals surface area contributed by atoms with E-state index in [2.05, 4.69) is 4.98 Å². The van der Waals surface area contributed by atoms with Crippen molar-refractivity contribution in [1.29, 1.82) is 0 Å². The number of rotatable bonds is 6. The van der Waals surface area contributed by atoms with Gasteiger partial charge in [-0.1, -0.05) is 48.5 Å². The number of methoxy groups -OCH3 is 1. The number of pyridine rings is 1. The lowest BCUT2D eigenvalue weighted by atomic mass is 9.94. The second-order valence-electron chi connectivity index (χ2n) is 6.65.